The Morgan fingerprint density at radius 1 is 1.26 bits per heavy atom. The van der Waals surface area contributed by atoms with Crippen LogP contribution in [0.3, 0.4) is 0 Å². The van der Waals surface area contributed by atoms with E-state index in [1.54, 1.807) is 7.05 Å². The molecule has 3 nitrogen and oxygen atoms in total. The zero-order valence-electron chi connectivity index (χ0n) is 12.7. The first-order valence-electron chi connectivity index (χ1n) is 6.96. The number of nitrogens with one attached hydrogen (secondary N) is 2. The summed E-state index contributed by atoms with van der Waals surface area (Å²) in [6, 6.07) is 8.49. The molecule has 0 spiro atoms. The van der Waals surface area contributed by atoms with Crippen LogP contribution in [-0.2, 0) is 11.3 Å². The lowest BCUT2D eigenvalue weighted by Crippen LogP contribution is -2.50. The number of rotatable bonds is 6. The van der Waals surface area contributed by atoms with E-state index in [4.69, 9.17) is 0 Å². The average molecular weight is 262 g/mol. The molecule has 1 aromatic rings. The summed E-state index contributed by atoms with van der Waals surface area (Å²) < 4.78 is 0. The van der Waals surface area contributed by atoms with Gasteiger partial charge < -0.3 is 10.6 Å². The van der Waals surface area contributed by atoms with E-state index in [0.29, 0.717) is 12.5 Å². The Kier molecular flexibility index (Phi) is 5.55. The lowest BCUT2D eigenvalue weighted by molar-refractivity contribution is -0.126. The fourth-order valence-corrected chi connectivity index (χ4v) is 1.72. The zero-order chi connectivity index (χ0) is 14.5. The Morgan fingerprint density at radius 3 is 2.32 bits per heavy atom. The highest BCUT2D eigenvalue weighted by atomic mass is 16.2. The zero-order valence-corrected chi connectivity index (χ0v) is 12.7. The van der Waals surface area contributed by atoms with Crippen molar-refractivity contribution in [3.05, 3.63) is 35.4 Å². The SMILES string of the molecule is CCC(C)c1ccc(CNC(=O)C(C)(C)NC)cc1. The standard InChI is InChI=1S/C16H26N2O/c1-6-12(2)14-9-7-13(8-10-14)11-18-15(19)16(3,4)17-5/h7-10,12,17H,6,11H2,1-5H3,(H,18,19). The fraction of sp³-hybridized carbons (Fsp3) is 0.562. The van der Waals surface area contributed by atoms with Gasteiger partial charge in [-0.1, -0.05) is 38.1 Å². The molecule has 106 valence electrons. The summed E-state index contributed by atoms with van der Waals surface area (Å²) in [5, 5.41) is 5.95. The number of amides is 1. The first-order valence-corrected chi connectivity index (χ1v) is 6.96. The molecule has 0 bridgehead atoms. The van der Waals surface area contributed by atoms with Crippen LogP contribution in [0.25, 0.3) is 0 Å². The van der Waals surface area contributed by atoms with Gasteiger partial charge in [0.1, 0.15) is 0 Å². The van der Waals surface area contributed by atoms with Gasteiger partial charge in [0.05, 0.1) is 5.54 Å². The monoisotopic (exact) mass is 262 g/mol. The molecule has 0 heterocycles. The van der Waals surface area contributed by atoms with Gasteiger partial charge in [-0.3, -0.25) is 4.79 Å². The highest BCUT2D eigenvalue weighted by Gasteiger charge is 2.24. The number of carbonyl (C=O) groups excluding carboxylic acids is 1. The van der Waals surface area contributed by atoms with E-state index in [2.05, 4.69) is 48.7 Å². The largest absolute Gasteiger partial charge is 0.350 e. The van der Waals surface area contributed by atoms with Crippen molar-refractivity contribution in [2.45, 2.75) is 52.1 Å². The van der Waals surface area contributed by atoms with E-state index in [-0.39, 0.29) is 5.91 Å². The van der Waals surface area contributed by atoms with Crippen LogP contribution in [0, 0.1) is 0 Å². The third kappa shape index (κ3) is 4.35. The maximum Gasteiger partial charge on any atom is 0.239 e. The third-order valence-corrected chi connectivity index (χ3v) is 3.81. The van der Waals surface area contributed by atoms with E-state index < -0.39 is 5.54 Å². The maximum absolute atomic E-state index is 11.9. The Hall–Kier alpha value is -1.35. The second-order valence-corrected chi connectivity index (χ2v) is 5.61. The molecule has 0 radical (unpaired) electrons. The molecule has 2 N–H and O–H groups in total. The van der Waals surface area contributed by atoms with Crippen LogP contribution in [0.15, 0.2) is 24.3 Å². The lowest BCUT2D eigenvalue weighted by Gasteiger charge is -2.22. The molecule has 0 saturated heterocycles. The molecule has 0 aliphatic rings. The number of carbonyl (C=O) groups is 1. The summed E-state index contributed by atoms with van der Waals surface area (Å²) in [6.45, 7) is 8.73. The molecule has 3 heteroatoms. The van der Waals surface area contributed by atoms with Crippen LogP contribution in [0.5, 0.6) is 0 Å². The minimum absolute atomic E-state index is 0.0148. The van der Waals surface area contributed by atoms with Gasteiger partial charge in [-0.05, 0) is 44.4 Å². The minimum Gasteiger partial charge on any atom is -0.350 e. The highest BCUT2D eigenvalue weighted by molar-refractivity contribution is 5.85. The van der Waals surface area contributed by atoms with Crippen molar-refractivity contribution in [2.75, 3.05) is 7.05 Å². The maximum atomic E-state index is 11.9. The Labute approximate surface area is 116 Å². The summed E-state index contributed by atoms with van der Waals surface area (Å²) in [5.41, 5.74) is 1.96. The van der Waals surface area contributed by atoms with Gasteiger partial charge in [0.15, 0.2) is 0 Å². The van der Waals surface area contributed by atoms with E-state index in [1.807, 2.05) is 13.8 Å². The van der Waals surface area contributed by atoms with Crippen LogP contribution < -0.4 is 10.6 Å². The van der Waals surface area contributed by atoms with Crippen molar-refractivity contribution >= 4 is 5.91 Å². The molecule has 1 unspecified atom stereocenters. The second-order valence-electron chi connectivity index (χ2n) is 5.61. The van der Waals surface area contributed by atoms with Crippen molar-refractivity contribution in [2.24, 2.45) is 0 Å². The van der Waals surface area contributed by atoms with Gasteiger partial charge in [-0.2, -0.15) is 0 Å². The van der Waals surface area contributed by atoms with Crippen molar-refractivity contribution < 1.29 is 4.79 Å². The smallest absolute Gasteiger partial charge is 0.239 e. The molecule has 19 heavy (non-hydrogen) atoms. The van der Waals surface area contributed by atoms with Crippen molar-refractivity contribution in [1.29, 1.82) is 0 Å². The van der Waals surface area contributed by atoms with Crippen molar-refractivity contribution in [1.82, 2.24) is 10.6 Å². The number of benzene rings is 1. The first-order chi connectivity index (χ1) is 8.90. The summed E-state index contributed by atoms with van der Waals surface area (Å²) >= 11 is 0. The van der Waals surface area contributed by atoms with Crippen LogP contribution >= 0.6 is 0 Å². The van der Waals surface area contributed by atoms with Gasteiger partial charge in [0.2, 0.25) is 5.91 Å². The molecule has 0 fully saturated rings. The average Bonchev–Trinajstić information content (AvgIpc) is 2.44. The molecule has 0 saturated carbocycles. The van der Waals surface area contributed by atoms with E-state index in [9.17, 15) is 4.79 Å². The van der Waals surface area contributed by atoms with E-state index in [0.717, 1.165) is 12.0 Å². The van der Waals surface area contributed by atoms with Crippen LogP contribution in [-0.4, -0.2) is 18.5 Å². The minimum atomic E-state index is -0.531. The van der Waals surface area contributed by atoms with Crippen LogP contribution in [0.4, 0.5) is 0 Å². The fourth-order valence-electron chi connectivity index (χ4n) is 1.72. The molecule has 1 amide bonds. The molecule has 1 rings (SSSR count). The molecular formula is C16H26N2O. The Balaban J connectivity index is 2.57. The van der Waals surface area contributed by atoms with Crippen LogP contribution in [0.1, 0.15) is 51.2 Å². The normalized spacial score (nSPS) is 13.1. The van der Waals surface area contributed by atoms with E-state index >= 15 is 0 Å². The molecule has 0 aromatic heterocycles. The quantitative estimate of drug-likeness (QED) is 0.827. The van der Waals surface area contributed by atoms with Crippen molar-refractivity contribution in [3.8, 4) is 0 Å². The van der Waals surface area contributed by atoms with Gasteiger partial charge in [0, 0.05) is 6.54 Å². The third-order valence-electron chi connectivity index (χ3n) is 3.81. The summed E-state index contributed by atoms with van der Waals surface area (Å²) in [4.78, 5) is 11.9. The number of hydrogen-bond donors (Lipinski definition) is 2. The van der Waals surface area contributed by atoms with Gasteiger partial charge in [0.25, 0.3) is 0 Å². The summed E-state index contributed by atoms with van der Waals surface area (Å²) in [7, 11) is 1.79. The lowest BCUT2D eigenvalue weighted by atomic mass is 9.97. The molecule has 0 aliphatic heterocycles. The molecule has 1 atom stereocenters. The molecular weight excluding hydrogens is 236 g/mol. The number of hydrogen-bond acceptors (Lipinski definition) is 2. The van der Waals surface area contributed by atoms with Crippen LogP contribution in [0.2, 0.25) is 0 Å². The predicted molar refractivity (Wildman–Crippen MR) is 80.1 cm³/mol. The highest BCUT2D eigenvalue weighted by Crippen LogP contribution is 2.18. The Bertz CT molecular complexity index is 409. The topological polar surface area (TPSA) is 41.1 Å². The Morgan fingerprint density at radius 2 is 1.84 bits per heavy atom. The van der Waals surface area contributed by atoms with Crippen molar-refractivity contribution in [3.63, 3.8) is 0 Å². The molecule has 1 aromatic carbocycles. The molecule has 0 aliphatic carbocycles. The van der Waals surface area contributed by atoms with E-state index in [1.165, 1.54) is 5.56 Å². The van der Waals surface area contributed by atoms with Gasteiger partial charge >= 0.3 is 0 Å². The van der Waals surface area contributed by atoms with Gasteiger partial charge in [-0.15, -0.1) is 0 Å². The summed E-state index contributed by atoms with van der Waals surface area (Å²) in [6.07, 6.45) is 1.15. The first kappa shape index (κ1) is 15.7. The summed E-state index contributed by atoms with van der Waals surface area (Å²) in [5.74, 6) is 0.605. The predicted octanol–water partition coefficient (Wildman–Crippen LogP) is 2.81. The van der Waals surface area contributed by atoms with Gasteiger partial charge in [-0.25, -0.2) is 0 Å². The second kappa shape index (κ2) is 6.71. The number of likely N-dealkylation sites (N-methyl/N-ethyl adjacent to an activating group) is 1.